The van der Waals surface area contributed by atoms with Crippen LogP contribution in [0.4, 0.5) is 0 Å². The molecule has 0 aliphatic heterocycles. The summed E-state index contributed by atoms with van der Waals surface area (Å²) < 4.78 is 3.49. The van der Waals surface area contributed by atoms with E-state index in [1.807, 2.05) is 10.8 Å². The molecule has 0 aliphatic rings. The first-order valence-electron chi connectivity index (χ1n) is 12.5. The Balaban J connectivity index is -0.0000000825. The number of nitrogens with zero attached hydrogens (tertiary/aromatic N) is 4. The number of halogens is 4. The minimum Gasteiger partial charge on any atom is -1.00 e. The Morgan fingerprint density at radius 3 is 1.35 bits per heavy atom. The van der Waals surface area contributed by atoms with E-state index in [4.69, 9.17) is 5.11 Å². The van der Waals surface area contributed by atoms with Crippen molar-refractivity contribution in [2.24, 2.45) is 0 Å². The topological polar surface area (TPSA) is 88.9 Å². The van der Waals surface area contributed by atoms with Crippen molar-refractivity contribution in [2.45, 2.75) is 108 Å². The van der Waals surface area contributed by atoms with Crippen molar-refractivity contribution in [1.29, 1.82) is 0 Å². The summed E-state index contributed by atoms with van der Waals surface area (Å²) in [6.45, 7) is 20.6. The van der Waals surface area contributed by atoms with E-state index in [1.165, 1.54) is 37.6 Å². The summed E-state index contributed by atoms with van der Waals surface area (Å²) in [4.78, 5) is 27.4. The van der Waals surface area contributed by atoms with Gasteiger partial charge in [-0.1, -0.05) is 76.5 Å². The molecule has 46 heavy (non-hydrogen) atoms. The number of hydrogen-bond donors (Lipinski definition) is 1. The van der Waals surface area contributed by atoms with Gasteiger partial charge in [0, 0.05) is 37.5 Å². The fourth-order valence-corrected chi connectivity index (χ4v) is 6.46. The number of aldehydes is 1. The first kappa shape index (κ1) is 59.5. The van der Waals surface area contributed by atoms with Gasteiger partial charge in [-0.2, -0.15) is 0 Å². The zero-order valence-corrected chi connectivity index (χ0v) is 38.9. The molecule has 6 nitrogen and oxygen atoms in total. The average molecular weight is 998 g/mol. The van der Waals surface area contributed by atoms with Crippen LogP contribution in [0.1, 0.15) is 88.0 Å². The Hall–Kier alpha value is 1.35. The Labute approximate surface area is 355 Å². The van der Waals surface area contributed by atoms with Crippen LogP contribution >= 0.6 is 109 Å². The number of hydrogen-bond acceptors (Lipinski definition) is 10. The molecule has 259 valence electrons. The van der Waals surface area contributed by atoms with Crippen LogP contribution in [-0.2, 0) is 19.4 Å². The fraction of sp³-hybridized carbons (Fsp3) is 0.552. The molecule has 0 fully saturated rings. The van der Waals surface area contributed by atoms with Gasteiger partial charge in [0.2, 0.25) is 0 Å². The monoisotopic (exact) mass is 993 g/mol. The first-order valence-corrected chi connectivity index (χ1v) is 22.6. The van der Waals surface area contributed by atoms with Crippen molar-refractivity contribution in [2.75, 3.05) is 0 Å². The van der Waals surface area contributed by atoms with Gasteiger partial charge in [-0.05, 0) is 88.5 Å². The molecule has 3 radical (unpaired) electrons. The summed E-state index contributed by atoms with van der Waals surface area (Å²) in [6, 6.07) is 0. The van der Waals surface area contributed by atoms with Crippen LogP contribution in [0.25, 0.3) is 0 Å². The molecular weight excluding hydrogens is 946 g/mol. The minimum atomic E-state index is -0.859. The number of aromatic nitrogens is 4. The van der Waals surface area contributed by atoms with E-state index in [1.54, 1.807) is 28.1 Å². The maximum absolute atomic E-state index is 9.95. The maximum atomic E-state index is 9.95. The molecule has 0 bridgehead atoms. The predicted octanol–water partition coefficient (Wildman–Crippen LogP) is 10.1. The van der Waals surface area contributed by atoms with Crippen LogP contribution < -0.4 is 29.6 Å². The third-order valence-corrected chi connectivity index (χ3v) is 16.8. The Kier molecular flexibility index (Phi) is 40.2. The van der Waals surface area contributed by atoms with Crippen LogP contribution in [0.2, 0.25) is 24.7 Å². The zero-order chi connectivity index (χ0) is 31.8. The quantitative estimate of drug-likeness (QED) is 0.162. The number of aryl methyl sites for hydroxylation is 3. The molecule has 4 aromatic heterocycles. The van der Waals surface area contributed by atoms with Gasteiger partial charge in [-0.25, -0.2) is 19.9 Å². The summed E-state index contributed by atoms with van der Waals surface area (Å²) in [5.41, 5.74) is 0. The zero-order valence-electron chi connectivity index (χ0n) is 27.3. The molecule has 0 saturated carbocycles. The summed E-state index contributed by atoms with van der Waals surface area (Å²) in [6.07, 6.45) is 2.81. The van der Waals surface area contributed by atoms with Crippen LogP contribution in [0.3, 0.4) is 0 Å². The summed E-state index contributed by atoms with van der Waals surface area (Å²) in [5.74, 6) is 0. The maximum Gasteiger partial charge on any atom is 1.00 e. The van der Waals surface area contributed by atoms with Gasteiger partial charge < -0.3 is 6.53 Å². The van der Waals surface area contributed by atoms with Gasteiger partial charge >= 0.3 is 29.6 Å². The molecule has 0 unspecified atom stereocenters. The number of rotatable bonds is 4. The van der Waals surface area contributed by atoms with Gasteiger partial charge in [-0.3, -0.25) is 4.79 Å². The molecule has 0 spiro atoms. The van der Waals surface area contributed by atoms with E-state index in [0.717, 1.165) is 42.5 Å². The van der Waals surface area contributed by atoms with Gasteiger partial charge in [0.25, 0.3) is 0 Å². The van der Waals surface area contributed by atoms with Gasteiger partial charge in [-0.15, -0.1) is 45.3 Å². The van der Waals surface area contributed by atoms with Gasteiger partial charge in [0.05, 0.1) is 16.6 Å². The number of aliphatic hydroxyl groups is 1. The summed E-state index contributed by atoms with van der Waals surface area (Å²) in [7, 11) is -0.859. The van der Waals surface area contributed by atoms with Gasteiger partial charge in [0.15, 0.2) is 11.3 Å². The first-order chi connectivity index (χ1) is 19.0. The second kappa shape index (κ2) is 31.1. The van der Waals surface area contributed by atoms with E-state index in [9.17, 15) is 4.79 Å². The van der Waals surface area contributed by atoms with Crippen molar-refractivity contribution in [3.8, 4) is 0 Å². The minimum absolute atomic E-state index is 0. The summed E-state index contributed by atoms with van der Waals surface area (Å²) in [5, 5.41) is 18.3. The van der Waals surface area contributed by atoms with E-state index in [-0.39, 0.29) is 68.3 Å². The third kappa shape index (κ3) is 27.1. The average Bonchev–Trinajstić information content (AvgIpc) is 3.69. The molecule has 17 heteroatoms. The Morgan fingerprint density at radius 2 is 1.20 bits per heavy atom. The number of thiazole rings is 4. The largest absolute Gasteiger partial charge is 1.00 e. The number of carbonyl (C=O) groups excluding carboxylic acids is 1. The number of aliphatic hydroxyl groups excluding tert-OH is 1. The van der Waals surface area contributed by atoms with Crippen LogP contribution in [0, 0.1) is 6.92 Å². The molecule has 0 aromatic carbocycles. The van der Waals surface area contributed by atoms with E-state index in [2.05, 4.69) is 145 Å². The smallest absolute Gasteiger partial charge is 1.00 e. The standard InChI is InChI=1S/C7H18Si.C6H8BrNS.C5H6BrNS.C4H4BrNOS.C4H2BrNOS.3CH4.B.Na.H/c1-7(2,3)8(4,5)6;1-3-5-8-6(7)4(2)9-5;1-2-5-7-4(6)3-8-5;2*5-3-2-8-4(1-7)6-3;;;;;;/h1-6H3;3H2,1-2H3;3H,2H2,1H3;2,7H,1H2;1-2H;3*1H4;;;/q;;;;;;;;;+1;-1. The summed E-state index contributed by atoms with van der Waals surface area (Å²) >= 11 is 19.1. The van der Waals surface area contributed by atoms with Crippen LogP contribution in [0.5, 0.6) is 0 Å². The molecule has 0 amide bonds. The molecule has 1 N–H and O–H groups in total. The normalized spacial score (nSPS) is 9.43. The fourth-order valence-electron chi connectivity index (χ4n) is 1.71. The van der Waals surface area contributed by atoms with Crippen molar-refractivity contribution in [1.82, 2.24) is 19.9 Å². The number of carbonyl (C=O) groups is 1. The van der Waals surface area contributed by atoms with Crippen LogP contribution in [0.15, 0.2) is 34.6 Å². The van der Waals surface area contributed by atoms with Crippen molar-refractivity contribution in [3.63, 3.8) is 0 Å². The van der Waals surface area contributed by atoms with Crippen molar-refractivity contribution in [3.05, 3.63) is 59.5 Å². The second-order valence-electron chi connectivity index (χ2n) is 10.1. The molecule has 4 aromatic rings. The van der Waals surface area contributed by atoms with E-state index < -0.39 is 8.07 Å². The third-order valence-electron chi connectivity index (χ3n) is 5.42. The predicted molar refractivity (Wildman–Crippen MR) is 224 cm³/mol. The molecule has 0 aliphatic carbocycles. The molecule has 4 rings (SSSR count). The van der Waals surface area contributed by atoms with Crippen molar-refractivity contribution < 1.29 is 40.9 Å². The van der Waals surface area contributed by atoms with E-state index in [0.29, 0.717) is 10.0 Å². The van der Waals surface area contributed by atoms with Crippen LogP contribution in [-0.4, -0.2) is 47.8 Å². The molecule has 0 saturated heterocycles. The molecule has 0 atom stereocenters. The Morgan fingerprint density at radius 1 is 0.804 bits per heavy atom. The second-order valence-corrected chi connectivity index (χ2v) is 23.3. The SMILES string of the molecule is C.C.C.CC(C)(C)[Si](C)(C)C.CCc1nc(Br)c(C)s1.CCc1nc(Br)cs1.O=Cc1nc(Br)cs1.OCc1nc(Br)cs1.[B].[H-].[Na+]. The Bertz CT molecular complexity index is 1230. The van der Waals surface area contributed by atoms with E-state index >= 15 is 0 Å². The van der Waals surface area contributed by atoms with Gasteiger partial charge in [0.1, 0.15) is 23.4 Å². The molecule has 4 heterocycles. The molecular formula is C29H51BBr4N4NaO2S4Si. The van der Waals surface area contributed by atoms with Crippen molar-refractivity contribution >= 4 is 132 Å².